The molecular formula is C18H16F3N3O3. The van der Waals surface area contributed by atoms with Gasteiger partial charge in [-0.2, -0.15) is 13.2 Å². The minimum atomic E-state index is -4.46. The standard InChI is InChI=1S/C18H16F3N3O3/c19-18(20,21)13-6-7-14(22-9-13)10-27-24-17(26)12-5-4-11-2-1-3-16(25)23-15(11)8-12/h4-9H,1-3,10H2,(H,23,25)(H,24,26). The lowest BCUT2D eigenvalue weighted by atomic mass is 10.0. The Bertz CT molecular complexity index is 851. The van der Waals surface area contributed by atoms with E-state index in [1.165, 1.54) is 6.07 Å². The molecule has 0 unspecified atom stereocenters. The van der Waals surface area contributed by atoms with Crippen molar-refractivity contribution in [3.63, 3.8) is 0 Å². The molecule has 2 heterocycles. The van der Waals surface area contributed by atoms with Crippen molar-refractivity contribution in [3.05, 3.63) is 58.9 Å². The molecule has 2 N–H and O–H groups in total. The normalized spacial score (nSPS) is 14.1. The summed E-state index contributed by atoms with van der Waals surface area (Å²) < 4.78 is 37.4. The third-order valence-electron chi connectivity index (χ3n) is 4.03. The Morgan fingerprint density at radius 1 is 1.22 bits per heavy atom. The maximum atomic E-state index is 12.5. The lowest BCUT2D eigenvalue weighted by Gasteiger charge is -2.10. The van der Waals surface area contributed by atoms with Crippen LogP contribution in [0, 0.1) is 0 Å². The largest absolute Gasteiger partial charge is 0.417 e. The number of aryl methyl sites for hydroxylation is 1. The molecule has 1 aromatic heterocycles. The van der Waals surface area contributed by atoms with Crippen LogP contribution >= 0.6 is 0 Å². The number of carbonyl (C=O) groups is 2. The van der Waals surface area contributed by atoms with E-state index >= 15 is 0 Å². The second-order valence-electron chi connectivity index (χ2n) is 6.03. The Morgan fingerprint density at radius 2 is 2.04 bits per heavy atom. The van der Waals surface area contributed by atoms with Crippen molar-refractivity contribution in [2.24, 2.45) is 0 Å². The zero-order valence-electron chi connectivity index (χ0n) is 14.1. The molecular weight excluding hydrogens is 363 g/mol. The Morgan fingerprint density at radius 3 is 2.74 bits per heavy atom. The quantitative estimate of drug-likeness (QED) is 0.800. The zero-order valence-corrected chi connectivity index (χ0v) is 14.1. The van der Waals surface area contributed by atoms with Crippen LogP contribution in [0.2, 0.25) is 0 Å². The van der Waals surface area contributed by atoms with Crippen LogP contribution in [0.5, 0.6) is 0 Å². The average molecular weight is 379 g/mol. The molecule has 0 saturated heterocycles. The van der Waals surface area contributed by atoms with Gasteiger partial charge < -0.3 is 5.32 Å². The summed E-state index contributed by atoms with van der Waals surface area (Å²) in [6.45, 7) is -0.189. The highest BCUT2D eigenvalue weighted by Gasteiger charge is 2.30. The molecule has 9 heteroatoms. The molecule has 1 aliphatic rings. The van der Waals surface area contributed by atoms with Crippen LogP contribution in [0.3, 0.4) is 0 Å². The van der Waals surface area contributed by atoms with Gasteiger partial charge in [-0.3, -0.25) is 19.4 Å². The van der Waals surface area contributed by atoms with Gasteiger partial charge >= 0.3 is 6.18 Å². The highest BCUT2D eigenvalue weighted by Crippen LogP contribution is 2.28. The number of pyridine rings is 1. The van der Waals surface area contributed by atoms with E-state index in [9.17, 15) is 22.8 Å². The van der Waals surface area contributed by atoms with E-state index in [1.54, 1.807) is 18.2 Å². The van der Waals surface area contributed by atoms with Gasteiger partial charge in [-0.15, -0.1) is 0 Å². The number of aromatic nitrogens is 1. The van der Waals surface area contributed by atoms with E-state index in [0.717, 1.165) is 24.5 Å². The number of benzene rings is 1. The van der Waals surface area contributed by atoms with Crippen LogP contribution in [-0.2, 0) is 28.8 Å². The number of anilines is 1. The third-order valence-corrected chi connectivity index (χ3v) is 4.03. The Labute approximate surface area is 152 Å². The molecule has 1 aromatic carbocycles. The van der Waals surface area contributed by atoms with Crippen molar-refractivity contribution < 1.29 is 27.6 Å². The first-order valence-electron chi connectivity index (χ1n) is 8.20. The first-order chi connectivity index (χ1) is 12.8. The van der Waals surface area contributed by atoms with E-state index in [1.807, 2.05) is 0 Å². The maximum Gasteiger partial charge on any atom is 0.417 e. The number of fused-ring (bicyclic) bond motifs is 1. The summed E-state index contributed by atoms with van der Waals surface area (Å²) in [7, 11) is 0. The van der Waals surface area contributed by atoms with Crippen molar-refractivity contribution in [2.45, 2.75) is 32.0 Å². The SMILES string of the molecule is O=C1CCCc2ccc(C(=O)NOCc3ccc(C(F)(F)F)cn3)cc2N1. The molecule has 2 aromatic rings. The summed E-state index contributed by atoms with van der Waals surface area (Å²) in [4.78, 5) is 32.5. The highest BCUT2D eigenvalue weighted by molar-refractivity contribution is 5.97. The summed E-state index contributed by atoms with van der Waals surface area (Å²) in [5.74, 6) is -0.640. The van der Waals surface area contributed by atoms with Gasteiger partial charge in [0.2, 0.25) is 5.91 Å². The number of amides is 2. The molecule has 0 saturated carbocycles. The topological polar surface area (TPSA) is 80.3 Å². The second kappa shape index (κ2) is 7.75. The van der Waals surface area contributed by atoms with E-state index in [-0.39, 0.29) is 23.8 Å². The third kappa shape index (κ3) is 4.82. The summed E-state index contributed by atoms with van der Waals surface area (Å²) >= 11 is 0. The summed E-state index contributed by atoms with van der Waals surface area (Å²) in [5.41, 5.74) is 3.42. The number of nitrogens with one attached hydrogen (secondary N) is 2. The number of alkyl halides is 3. The summed E-state index contributed by atoms with van der Waals surface area (Å²) in [5, 5.41) is 2.76. The van der Waals surface area contributed by atoms with Crippen LogP contribution < -0.4 is 10.8 Å². The number of rotatable bonds is 4. The fourth-order valence-corrected chi connectivity index (χ4v) is 2.62. The van der Waals surface area contributed by atoms with E-state index in [2.05, 4.69) is 15.8 Å². The van der Waals surface area contributed by atoms with Crippen LogP contribution in [0.1, 0.15) is 40.0 Å². The molecule has 0 bridgehead atoms. The minimum Gasteiger partial charge on any atom is -0.326 e. The van der Waals surface area contributed by atoms with Crippen LogP contribution in [-0.4, -0.2) is 16.8 Å². The van der Waals surface area contributed by atoms with E-state index in [0.29, 0.717) is 18.3 Å². The number of hydroxylamine groups is 1. The summed E-state index contributed by atoms with van der Waals surface area (Å²) in [6, 6.07) is 7.02. The molecule has 1 aliphatic heterocycles. The lowest BCUT2D eigenvalue weighted by Crippen LogP contribution is -2.24. The number of nitrogens with zero attached hydrogens (tertiary/aromatic N) is 1. The van der Waals surface area contributed by atoms with Crippen molar-refractivity contribution in [1.29, 1.82) is 0 Å². The van der Waals surface area contributed by atoms with E-state index in [4.69, 9.17) is 4.84 Å². The number of carbonyl (C=O) groups excluding carboxylic acids is 2. The lowest BCUT2D eigenvalue weighted by molar-refractivity contribution is -0.137. The van der Waals surface area contributed by atoms with E-state index < -0.39 is 17.6 Å². The van der Waals surface area contributed by atoms with Gasteiger partial charge in [-0.25, -0.2) is 5.48 Å². The fourth-order valence-electron chi connectivity index (χ4n) is 2.62. The first-order valence-corrected chi connectivity index (χ1v) is 8.20. The maximum absolute atomic E-state index is 12.5. The number of hydrogen-bond acceptors (Lipinski definition) is 4. The molecule has 3 rings (SSSR count). The van der Waals surface area contributed by atoms with Crippen LogP contribution in [0.25, 0.3) is 0 Å². The number of hydrogen-bond donors (Lipinski definition) is 2. The van der Waals surface area contributed by atoms with Gasteiger partial charge in [-0.1, -0.05) is 6.07 Å². The Hall–Kier alpha value is -2.94. The zero-order chi connectivity index (χ0) is 19.4. The predicted octanol–water partition coefficient (Wildman–Crippen LogP) is 3.24. The Balaban J connectivity index is 1.57. The van der Waals surface area contributed by atoms with Crippen LogP contribution in [0.4, 0.5) is 18.9 Å². The van der Waals surface area contributed by atoms with Crippen molar-refractivity contribution in [2.75, 3.05) is 5.32 Å². The van der Waals surface area contributed by atoms with Crippen molar-refractivity contribution in [1.82, 2.24) is 10.5 Å². The monoisotopic (exact) mass is 379 g/mol. The second-order valence-corrected chi connectivity index (χ2v) is 6.03. The molecule has 2 amide bonds. The summed E-state index contributed by atoms with van der Waals surface area (Å²) in [6.07, 6.45) is -1.84. The van der Waals surface area contributed by atoms with Gasteiger partial charge in [0.15, 0.2) is 0 Å². The molecule has 27 heavy (non-hydrogen) atoms. The first kappa shape index (κ1) is 18.8. The van der Waals surface area contributed by atoms with Gasteiger partial charge in [0, 0.05) is 23.9 Å². The van der Waals surface area contributed by atoms with Crippen LogP contribution in [0.15, 0.2) is 36.5 Å². The van der Waals surface area contributed by atoms with Crippen molar-refractivity contribution >= 4 is 17.5 Å². The molecule has 0 aliphatic carbocycles. The Kier molecular flexibility index (Phi) is 5.41. The smallest absolute Gasteiger partial charge is 0.326 e. The number of halogens is 3. The van der Waals surface area contributed by atoms with Crippen molar-refractivity contribution in [3.8, 4) is 0 Å². The minimum absolute atomic E-state index is 0.101. The molecule has 142 valence electrons. The average Bonchev–Trinajstić information content (AvgIpc) is 2.81. The van der Waals surface area contributed by atoms with Gasteiger partial charge in [-0.05, 0) is 42.7 Å². The molecule has 0 spiro atoms. The van der Waals surface area contributed by atoms with Gasteiger partial charge in [0.05, 0.1) is 11.3 Å². The predicted molar refractivity (Wildman–Crippen MR) is 89.5 cm³/mol. The highest BCUT2D eigenvalue weighted by atomic mass is 19.4. The van der Waals surface area contributed by atoms with Gasteiger partial charge in [0.1, 0.15) is 6.61 Å². The molecule has 0 atom stereocenters. The van der Waals surface area contributed by atoms with Gasteiger partial charge in [0.25, 0.3) is 5.91 Å². The molecule has 6 nitrogen and oxygen atoms in total. The molecule has 0 radical (unpaired) electrons. The fraction of sp³-hybridized carbons (Fsp3) is 0.278. The molecule has 0 fully saturated rings.